The van der Waals surface area contributed by atoms with Crippen LogP contribution in [0.15, 0.2) is 18.2 Å². The number of hydrogen-bond acceptors (Lipinski definition) is 2. The Kier molecular flexibility index (Phi) is 4.17. The zero-order valence-corrected chi connectivity index (χ0v) is 8.04. The van der Waals surface area contributed by atoms with Crippen molar-refractivity contribution in [1.82, 2.24) is 5.32 Å². The summed E-state index contributed by atoms with van der Waals surface area (Å²) in [7, 11) is 0. The number of carbonyl (C=O) groups is 1. The Labute approximate surface area is 86.3 Å². The molecule has 0 fully saturated rings. The summed E-state index contributed by atoms with van der Waals surface area (Å²) in [4.78, 5) is 10.2. The van der Waals surface area contributed by atoms with Gasteiger partial charge in [0, 0.05) is 18.7 Å². The predicted molar refractivity (Wildman–Crippen MR) is 52.1 cm³/mol. The van der Waals surface area contributed by atoms with Crippen LogP contribution in [-0.4, -0.2) is 19.0 Å². The third-order valence-electron chi connectivity index (χ3n) is 1.99. The molecule has 1 aromatic carbocycles. The lowest BCUT2D eigenvalue weighted by atomic mass is 10.1. The Morgan fingerprint density at radius 3 is 2.40 bits per heavy atom. The summed E-state index contributed by atoms with van der Waals surface area (Å²) < 4.78 is 25.6. The van der Waals surface area contributed by atoms with E-state index in [0.717, 1.165) is 6.07 Å². The molecule has 0 aromatic heterocycles. The Balaban J connectivity index is 2.73. The van der Waals surface area contributed by atoms with E-state index in [1.807, 2.05) is 0 Å². The average Bonchev–Trinajstić information content (AvgIpc) is 2.15. The van der Waals surface area contributed by atoms with E-state index in [4.69, 9.17) is 5.73 Å². The molecule has 1 aromatic rings. The van der Waals surface area contributed by atoms with Crippen LogP contribution in [0.2, 0.25) is 0 Å². The molecule has 1 rings (SSSR count). The maximum Gasteiger partial charge on any atom is 0.207 e. The number of rotatable bonds is 5. The van der Waals surface area contributed by atoms with E-state index < -0.39 is 11.6 Å². The van der Waals surface area contributed by atoms with E-state index in [1.54, 1.807) is 0 Å². The highest BCUT2D eigenvalue weighted by Gasteiger charge is 2.08. The van der Waals surface area contributed by atoms with Crippen LogP contribution in [-0.2, 0) is 11.2 Å². The van der Waals surface area contributed by atoms with Gasteiger partial charge in [0.25, 0.3) is 0 Å². The number of amides is 1. The van der Waals surface area contributed by atoms with E-state index in [-0.39, 0.29) is 12.6 Å². The number of halogens is 2. The second-order valence-electron chi connectivity index (χ2n) is 3.20. The van der Waals surface area contributed by atoms with Gasteiger partial charge in [0.15, 0.2) is 0 Å². The maximum atomic E-state index is 12.8. The van der Waals surface area contributed by atoms with Crippen molar-refractivity contribution in [3.63, 3.8) is 0 Å². The van der Waals surface area contributed by atoms with Crippen molar-refractivity contribution >= 4 is 6.41 Å². The lowest BCUT2D eigenvalue weighted by Gasteiger charge is -2.13. The van der Waals surface area contributed by atoms with Crippen LogP contribution in [0.5, 0.6) is 0 Å². The topological polar surface area (TPSA) is 55.1 Å². The van der Waals surface area contributed by atoms with Crippen LogP contribution in [0.3, 0.4) is 0 Å². The molecule has 3 N–H and O–H groups in total. The van der Waals surface area contributed by atoms with Gasteiger partial charge in [0.2, 0.25) is 6.41 Å². The average molecular weight is 214 g/mol. The fourth-order valence-corrected chi connectivity index (χ4v) is 1.32. The minimum absolute atomic E-state index is 0.219. The van der Waals surface area contributed by atoms with Gasteiger partial charge in [-0.25, -0.2) is 8.78 Å². The lowest BCUT2D eigenvalue weighted by molar-refractivity contribution is -0.110. The van der Waals surface area contributed by atoms with Gasteiger partial charge >= 0.3 is 0 Å². The highest BCUT2D eigenvalue weighted by Crippen LogP contribution is 2.09. The number of hydrogen-bond donors (Lipinski definition) is 2. The van der Waals surface area contributed by atoms with Crippen LogP contribution < -0.4 is 11.1 Å². The van der Waals surface area contributed by atoms with Crippen molar-refractivity contribution in [3.05, 3.63) is 35.4 Å². The molecule has 0 aliphatic rings. The third-order valence-corrected chi connectivity index (χ3v) is 1.99. The van der Waals surface area contributed by atoms with Crippen molar-refractivity contribution in [2.24, 2.45) is 5.73 Å². The molecule has 0 spiro atoms. The van der Waals surface area contributed by atoms with Crippen molar-refractivity contribution in [2.75, 3.05) is 6.54 Å². The zero-order valence-electron chi connectivity index (χ0n) is 8.04. The first-order chi connectivity index (χ1) is 7.15. The molecule has 1 atom stereocenters. The smallest absolute Gasteiger partial charge is 0.207 e. The summed E-state index contributed by atoms with van der Waals surface area (Å²) in [5.74, 6) is -1.27. The van der Waals surface area contributed by atoms with Gasteiger partial charge in [-0.1, -0.05) is 0 Å². The van der Waals surface area contributed by atoms with Crippen molar-refractivity contribution in [3.8, 4) is 0 Å². The molecule has 0 heterocycles. The molecule has 0 aliphatic heterocycles. The summed E-state index contributed by atoms with van der Waals surface area (Å²) in [5, 5.41) is 2.47. The highest BCUT2D eigenvalue weighted by molar-refractivity contribution is 5.46. The molecule has 3 nitrogen and oxygen atoms in total. The number of nitrogens with two attached hydrogens (primary N) is 1. The Morgan fingerprint density at radius 2 is 1.93 bits per heavy atom. The molecule has 1 unspecified atom stereocenters. The second kappa shape index (κ2) is 5.41. The molecule has 0 saturated heterocycles. The molecule has 0 radical (unpaired) electrons. The lowest BCUT2D eigenvalue weighted by Crippen LogP contribution is -2.36. The summed E-state index contributed by atoms with van der Waals surface area (Å²) in [6.45, 7) is 0.219. The van der Waals surface area contributed by atoms with Gasteiger partial charge in [-0.3, -0.25) is 4.79 Å². The number of carbonyl (C=O) groups excluding carboxylic acids is 1. The Hall–Kier alpha value is -1.49. The SMILES string of the molecule is NCC(Cc1cc(F)cc(F)c1)NC=O. The van der Waals surface area contributed by atoms with Gasteiger partial charge in [-0.2, -0.15) is 0 Å². The fourth-order valence-electron chi connectivity index (χ4n) is 1.32. The molecule has 15 heavy (non-hydrogen) atoms. The number of benzene rings is 1. The quantitative estimate of drug-likeness (QED) is 0.704. The Bertz CT molecular complexity index is 324. The zero-order chi connectivity index (χ0) is 11.3. The second-order valence-corrected chi connectivity index (χ2v) is 3.20. The standard InChI is InChI=1S/C10H12F2N2O/c11-8-1-7(2-9(12)4-8)3-10(5-13)14-6-15/h1-2,4,6,10H,3,5,13H2,(H,14,15). The summed E-state index contributed by atoms with van der Waals surface area (Å²) >= 11 is 0. The minimum Gasteiger partial charge on any atom is -0.354 e. The highest BCUT2D eigenvalue weighted by atomic mass is 19.1. The molecule has 0 bridgehead atoms. The van der Waals surface area contributed by atoms with Crippen LogP contribution in [0, 0.1) is 11.6 Å². The third kappa shape index (κ3) is 3.63. The maximum absolute atomic E-state index is 12.8. The Morgan fingerprint density at radius 1 is 1.33 bits per heavy atom. The van der Waals surface area contributed by atoms with Gasteiger partial charge in [-0.05, 0) is 24.1 Å². The summed E-state index contributed by atoms with van der Waals surface area (Å²) in [6, 6.07) is 2.94. The number of nitrogens with one attached hydrogen (secondary N) is 1. The molecule has 0 saturated carbocycles. The van der Waals surface area contributed by atoms with E-state index in [2.05, 4.69) is 5.32 Å². The molecular weight excluding hydrogens is 202 g/mol. The van der Waals surface area contributed by atoms with Crippen LogP contribution in [0.25, 0.3) is 0 Å². The van der Waals surface area contributed by atoms with Crippen molar-refractivity contribution < 1.29 is 13.6 Å². The monoisotopic (exact) mass is 214 g/mol. The normalized spacial score (nSPS) is 12.2. The van der Waals surface area contributed by atoms with Gasteiger partial charge < -0.3 is 11.1 Å². The van der Waals surface area contributed by atoms with Crippen LogP contribution >= 0.6 is 0 Å². The largest absolute Gasteiger partial charge is 0.354 e. The molecule has 5 heteroatoms. The first kappa shape index (κ1) is 11.6. The van der Waals surface area contributed by atoms with Crippen LogP contribution in [0.4, 0.5) is 8.78 Å². The molecule has 0 aliphatic carbocycles. The van der Waals surface area contributed by atoms with E-state index in [1.165, 1.54) is 12.1 Å². The minimum atomic E-state index is -0.633. The summed E-state index contributed by atoms with van der Waals surface area (Å²) in [6.07, 6.45) is 0.830. The van der Waals surface area contributed by atoms with E-state index in [0.29, 0.717) is 18.4 Å². The van der Waals surface area contributed by atoms with Gasteiger partial charge in [-0.15, -0.1) is 0 Å². The van der Waals surface area contributed by atoms with Crippen LogP contribution in [0.1, 0.15) is 5.56 Å². The summed E-state index contributed by atoms with van der Waals surface area (Å²) in [5.41, 5.74) is 5.84. The molecule has 1 amide bonds. The first-order valence-corrected chi connectivity index (χ1v) is 4.50. The first-order valence-electron chi connectivity index (χ1n) is 4.50. The van der Waals surface area contributed by atoms with E-state index >= 15 is 0 Å². The van der Waals surface area contributed by atoms with Gasteiger partial charge in [0.1, 0.15) is 11.6 Å². The fraction of sp³-hybridized carbons (Fsp3) is 0.300. The van der Waals surface area contributed by atoms with Gasteiger partial charge in [0.05, 0.1) is 0 Å². The van der Waals surface area contributed by atoms with E-state index in [9.17, 15) is 13.6 Å². The van der Waals surface area contributed by atoms with Crippen molar-refractivity contribution in [2.45, 2.75) is 12.5 Å². The molecule has 82 valence electrons. The predicted octanol–water partition coefficient (Wildman–Crippen LogP) is 0.581. The molecular formula is C10H12F2N2O. The van der Waals surface area contributed by atoms with Crippen molar-refractivity contribution in [1.29, 1.82) is 0 Å².